The van der Waals surface area contributed by atoms with Crippen LogP contribution in [0.25, 0.3) is 0 Å². The number of fused-ring (bicyclic) bond motifs is 3. The number of carbonyl (C=O) groups excluding carboxylic acids is 1. The number of carboxylic acid groups (broad SMARTS) is 1. The van der Waals surface area contributed by atoms with Gasteiger partial charge in [0.1, 0.15) is 5.60 Å². The highest BCUT2D eigenvalue weighted by Gasteiger charge is 2.42. The summed E-state index contributed by atoms with van der Waals surface area (Å²) in [5.74, 6) is -1.32. The molecule has 3 aliphatic rings. The molecule has 2 unspecified atom stereocenters. The number of hydrogen-bond acceptors (Lipinski definition) is 6. The van der Waals surface area contributed by atoms with Crippen LogP contribution in [0.3, 0.4) is 0 Å². The van der Waals surface area contributed by atoms with Crippen molar-refractivity contribution in [3.8, 4) is 0 Å². The third kappa shape index (κ3) is 3.63. The number of aliphatic carboxylic acids is 1. The van der Waals surface area contributed by atoms with Gasteiger partial charge in [0.15, 0.2) is 11.8 Å². The van der Waals surface area contributed by atoms with Crippen molar-refractivity contribution in [1.82, 2.24) is 4.90 Å². The average Bonchev–Trinajstić information content (AvgIpc) is 3.00. The Labute approximate surface area is 164 Å². The van der Waals surface area contributed by atoms with E-state index in [1.54, 1.807) is 0 Å². The third-order valence-corrected chi connectivity index (χ3v) is 5.54. The van der Waals surface area contributed by atoms with E-state index in [4.69, 9.17) is 9.57 Å². The zero-order valence-electron chi connectivity index (χ0n) is 16.5. The Balaban J connectivity index is 1.36. The predicted octanol–water partition coefficient (Wildman–Crippen LogP) is 2.53. The first-order valence-corrected chi connectivity index (χ1v) is 9.75. The molecular weight excluding hydrogens is 360 g/mol. The summed E-state index contributed by atoms with van der Waals surface area (Å²) < 4.78 is 5.45. The molecule has 1 saturated heterocycles. The fraction of sp³-hybridized carbons (Fsp3) is 0.571. The van der Waals surface area contributed by atoms with Crippen molar-refractivity contribution in [1.29, 1.82) is 0 Å². The Hall–Kier alpha value is -2.41. The van der Waals surface area contributed by atoms with Crippen LogP contribution in [0.15, 0.2) is 23.4 Å². The number of carboxylic acids is 1. The van der Waals surface area contributed by atoms with Gasteiger partial charge in [-0.25, -0.2) is 4.79 Å². The van der Waals surface area contributed by atoms with E-state index in [1.807, 2.05) is 26.8 Å². The number of nitrogens with zero attached hydrogens (tertiary/aromatic N) is 2. The number of likely N-dealkylation sites (tertiary alicyclic amines) is 1. The second-order valence-corrected chi connectivity index (χ2v) is 8.91. The van der Waals surface area contributed by atoms with E-state index in [0.717, 1.165) is 38.0 Å². The largest absolute Gasteiger partial charge is 0.477 e. The smallest absolute Gasteiger partial charge is 0.354 e. The first-order chi connectivity index (χ1) is 13.2. The minimum Gasteiger partial charge on any atom is -0.477 e. The molecule has 28 heavy (non-hydrogen) atoms. The van der Waals surface area contributed by atoms with Crippen LogP contribution in [-0.2, 0) is 32.1 Å². The molecule has 0 spiro atoms. The molecule has 0 saturated carbocycles. The molecule has 2 aliphatic heterocycles. The van der Waals surface area contributed by atoms with Crippen molar-refractivity contribution in [3.63, 3.8) is 0 Å². The summed E-state index contributed by atoms with van der Waals surface area (Å²) in [6.45, 7) is 7.89. The summed E-state index contributed by atoms with van der Waals surface area (Å²) in [7, 11) is 0. The lowest BCUT2D eigenvalue weighted by Crippen LogP contribution is -2.51. The molecule has 7 heteroatoms. The van der Waals surface area contributed by atoms with Gasteiger partial charge in [-0.05, 0) is 50.3 Å². The lowest BCUT2D eigenvalue weighted by Gasteiger charge is -2.39. The Kier molecular flexibility index (Phi) is 4.65. The lowest BCUT2D eigenvalue weighted by atomic mass is 9.79. The lowest BCUT2D eigenvalue weighted by molar-refractivity contribution is -0.166. The summed E-state index contributed by atoms with van der Waals surface area (Å²) >= 11 is 0. The van der Waals surface area contributed by atoms with E-state index >= 15 is 0 Å². The fourth-order valence-corrected chi connectivity index (χ4v) is 4.21. The van der Waals surface area contributed by atoms with Gasteiger partial charge in [-0.2, -0.15) is 0 Å². The monoisotopic (exact) mass is 386 g/mol. The van der Waals surface area contributed by atoms with Gasteiger partial charge < -0.3 is 14.7 Å². The van der Waals surface area contributed by atoms with Crippen molar-refractivity contribution < 1.29 is 24.3 Å². The molecular formula is C21H26N2O5. The van der Waals surface area contributed by atoms with Gasteiger partial charge in [0, 0.05) is 19.6 Å². The molecule has 1 aromatic rings. The summed E-state index contributed by atoms with van der Waals surface area (Å²) in [4.78, 5) is 31.1. The van der Waals surface area contributed by atoms with Crippen LogP contribution in [0.5, 0.6) is 0 Å². The highest BCUT2D eigenvalue weighted by Crippen LogP contribution is 2.42. The maximum atomic E-state index is 12.1. The molecule has 1 fully saturated rings. The highest BCUT2D eigenvalue weighted by atomic mass is 16.6. The zero-order chi connectivity index (χ0) is 20.1. The van der Waals surface area contributed by atoms with Gasteiger partial charge >= 0.3 is 11.9 Å². The number of rotatable bonds is 4. The average molecular weight is 386 g/mol. The molecule has 0 amide bonds. The number of esters is 1. The van der Waals surface area contributed by atoms with E-state index in [2.05, 4.69) is 22.2 Å². The SMILES string of the molecule is CC(C)(C)OC(=O)C1CN(Cc2ccc3c(c2)CCC2C(C(=O)O)=NOC32)C1. The first kappa shape index (κ1) is 18.9. The Bertz CT molecular complexity index is 836. The topological polar surface area (TPSA) is 88.4 Å². The molecule has 0 aromatic heterocycles. The van der Waals surface area contributed by atoms with Crippen LogP contribution in [0, 0.1) is 11.8 Å². The maximum absolute atomic E-state index is 12.1. The molecule has 1 aliphatic carbocycles. The second-order valence-electron chi connectivity index (χ2n) is 8.91. The van der Waals surface area contributed by atoms with Crippen LogP contribution >= 0.6 is 0 Å². The molecule has 7 nitrogen and oxygen atoms in total. The molecule has 0 bridgehead atoms. The number of carbonyl (C=O) groups is 2. The van der Waals surface area contributed by atoms with Gasteiger partial charge in [-0.15, -0.1) is 0 Å². The standard InChI is InChI=1S/C21H26N2O5/c1-21(2,3)27-20(26)14-10-23(11-14)9-12-4-6-15-13(8-12)5-7-16-17(19(24)25)22-28-18(15)16/h4,6,8,14,16,18H,5,7,9-11H2,1-3H3,(H,24,25). The fourth-order valence-electron chi connectivity index (χ4n) is 4.21. The number of ether oxygens (including phenoxy) is 1. The molecule has 2 heterocycles. The number of oxime groups is 1. The van der Waals surface area contributed by atoms with Crippen LogP contribution in [0.1, 0.15) is 50.0 Å². The normalized spacial score (nSPS) is 24.5. The van der Waals surface area contributed by atoms with Gasteiger partial charge in [0.25, 0.3) is 0 Å². The summed E-state index contributed by atoms with van der Waals surface area (Å²) in [5, 5.41) is 13.0. The molecule has 0 radical (unpaired) electrons. The quantitative estimate of drug-likeness (QED) is 0.800. The molecule has 1 aromatic carbocycles. The van der Waals surface area contributed by atoms with Gasteiger partial charge in [-0.1, -0.05) is 23.4 Å². The highest BCUT2D eigenvalue weighted by molar-refractivity contribution is 6.36. The summed E-state index contributed by atoms with van der Waals surface area (Å²) in [6, 6.07) is 6.27. The Morgan fingerprint density at radius 2 is 2.07 bits per heavy atom. The van der Waals surface area contributed by atoms with Crippen LogP contribution in [0.2, 0.25) is 0 Å². The molecule has 2 atom stereocenters. The van der Waals surface area contributed by atoms with Gasteiger partial charge in [0.2, 0.25) is 0 Å². The van der Waals surface area contributed by atoms with E-state index in [9.17, 15) is 14.7 Å². The van der Waals surface area contributed by atoms with E-state index in [0.29, 0.717) is 0 Å². The molecule has 150 valence electrons. The molecule has 1 N–H and O–H groups in total. The van der Waals surface area contributed by atoms with Crippen LogP contribution in [-0.4, -0.2) is 46.3 Å². The van der Waals surface area contributed by atoms with E-state index in [-0.39, 0.29) is 29.6 Å². The van der Waals surface area contributed by atoms with Crippen molar-refractivity contribution >= 4 is 17.7 Å². The van der Waals surface area contributed by atoms with Crippen molar-refractivity contribution in [2.24, 2.45) is 17.0 Å². The first-order valence-electron chi connectivity index (χ1n) is 9.75. The second kappa shape index (κ2) is 6.88. The van der Waals surface area contributed by atoms with Crippen molar-refractivity contribution in [2.45, 2.75) is 51.9 Å². The maximum Gasteiger partial charge on any atom is 0.354 e. The Morgan fingerprint density at radius 3 is 2.75 bits per heavy atom. The van der Waals surface area contributed by atoms with Crippen LogP contribution in [0.4, 0.5) is 0 Å². The van der Waals surface area contributed by atoms with E-state index in [1.165, 1.54) is 11.1 Å². The minimum absolute atomic E-state index is 0.0453. The van der Waals surface area contributed by atoms with Crippen molar-refractivity contribution in [3.05, 3.63) is 34.9 Å². The predicted molar refractivity (Wildman–Crippen MR) is 102 cm³/mol. The number of aryl methyl sites for hydroxylation is 1. The Morgan fingerprint density at radius 1 is 1.32 bits per heavy atom. The van der Waals surface area contributed by atoms with Crippen LogP contribution < -0.4 is 0 Å². The van der Waals surface area contributed by atoms with Gasteiger partial charge in [-0.3, -0.25) is 9.69 Å². The number of hydrogen-bond donors (Lipinski definition) is 1. The third-order valence-electron chi connectivity index (χ3n) is 5.54. The number of benzene rings is 1. The summed E-state index contributed by atoms with van der Waals surface area (Å²) in [5.41, 5.74) is 3.12. The van der Waals surface area contributed by atoms with Crippen molar-refractivity contribution in [2.75, 3.05) is 13.1 Å². The zero-order valence-corrected chi connectivity index (χ0v) is 16.5. The summed E-state index contributed by atoms with van der Waals surface area (Å²) in [6.07, 6.45) is 1.27. The molecule has 4 rings (SSSR count). The van der Waals surface area contributed by atoms with Gasteiger partial charge in [0.05, 0.1) is 11.8 Å². The minimum atomic E-state index is -0.995. The van der Waals surface area contributed by atoms with E-state index < -0.39 is 11.6 Å².